The number of pyridine rings is 1. The van der Waals surface area contributed by atoms with Gasteiger partial charge < -0.3 is 4.57 Å². The molecule has 3 rings (SSSR count). The minimum Gasteiger partial charge on any atom is -0.322 e. The Kier molecular flexibility index (Phi) is 3.32. The molecule has 1 aromatic carbocycles. The quantitative estimate of drug-likeness (QED) is 0.649. The van der Waals surface area contributed by atoms with Crippen LogP contribution < -0.4 is 0 Å². The molecule has 0 saturated carbocycles. The minimum absolute atomic E-state index is 0.0870. The second kappa shape index (κ2) is 5.03. The van der Waals surface area contributed by atoms with Crippen molar-refractivity contribution >= 4 is 11.0 Å². The van der Waals surface area contributed by atoms with Crippen LogP contribution in [0.25, 0.3) is 11.0 Å². The van der Waals surface area contributed by atoms with Crippen molar-refractivity contribution in [1.82, 2.24) is 9.55 Å². The fraction of sp³-hybridized carbons (Fsp3) is 0.316. The highest BCUT2D eigenvalue weighted by molar-refractivity contribution is 5.78. The molecule has 0 bridgehead atoms. The molecule has 0 amide bonds. The molecule has 0 fully saturated rings. The summed E-state index contributed by atoms with van der Waals surface area (Å²) >= 11 is 0. The van der Waals surface area contributed by atoms with E-state index in [2.05, 4.69) is 79.7 Å². The van der Waals surface area contributed by atoms with Crippen molar-refractivity contribution in [3.8, 4) is 0 Å². The van der Waals surface area contributed by atoms with E-state index in [4.69, 9.17) is 0 Å². The van der Waals surface area contributed by atoms with Crippen molar-refractivity contribution in [3.63, 3.8) is 0 Å². The van der Waals surface area contributed by atoms with Gasteiger partial charge in [-0.05, 0) is 30.7 Å². The smallest absolute Gasteiger partial charge is 0.140 e. The first-order valence-corrected chi connectivity index (χ1v) is 7.50. The predicted octanol–water partition coefficient (Wildman–Crippen LogP) is 4.94. The van der Waals surface area contributed by atoms with Gasteiger partial charge in [-0.15, -0.1) is 0 Å². The summed E-state index contributed by atoms with van der Waals surface area (Å²) in [5, 5.41) is 1.21. The number of benzene rings is 1. The van der Waals surface area contributed by atoms with Crippen LogP contribution in [0.3, 0.4) is 0 Å². The average molecular weight is 278 g/mol. The van der Waals surface area contributed by atoms with E-state index >= 15 is 0 Å². The van der Waals surface area contributed by atoms with E-state index in [9.17, 15) is 0 Å². The first-order valence-electron chi connectivity index (χ1n) is 7.50. The Morgan fingerprint density at radius 1 is 1.00 bits per heavy atom. The molecule has 0 radical (unpaired) electrons. The first kappa shape index (κ1) is 13.9. The van der Waals surface area contributed by atoms with Gasteiger partial charge >= 0.3 is 0 Å². The van der Waals surface area contributed by atoms with E-state index in [0.717, 1.165) is 5.65 Å². The van der Waals surface area contributed by atoms with Crippen LogP contribution in [0.4, 0.5) is 0 Å². The number of fused-ring (bicyclic) bond motifs is 1. The summed E-state index contributed by atoms with van der Waals surface area (Å²) in [6.07, 6.45) is 1.88. The van der Waals surface area contributed by atoms with Crippen LogP contribution in [-0.2, 0) is 5.41 Å². The van der Waals surface area contributed by atoms with Crippen LogP contribution in [0, 0.1) is 0 Å². The van der Waals surface area contributed by atoms with Crippen molar-refractivity contribution in [1.29, 1.82) is 0 Å². The molecule has 2 heteroatoms. The summed E-state index contributed by atoms with van der Waals surface area (Å²) in [5.41, 5.74) is 3.79. The normalized spacial score (nSPS) is 13.5. The van der Waals surface area contributed by atoms with Gasteiger partial charge in [0.25, 0.3) is 0 Å². The van der Waals surface area contributed by atoms with Gasteiger partial charge in [0.05, 0.1) is 6.04 Å². The van der Waals surface area contributed by atoms with Crippen molar-refractivity contribution in [2.45, 2.75) is 39.2 Å². The zero-order chi connectivity index (χ0) is 15.0. The number of rotatable bonds is 2. The molecule has 0 aliphatic rings. The molecule has 0 spiro atoms. The van der Waals surface area contributed by atoms with E-state index in [1.165, 1.54) is 16.6 Å². The summed E-state index contributed by atoms with van der Waals surface area (Å²) in [6, 6.07) is 17.3. The Hall–Kier alpha value is -2.09. The molecule has 1 atom stereocenters. The van der Waals surface area contributed by atoms with Gasteiger partial charge in [-0.1, -0.05) is 51.1 Å². The highest BCUT2D eigenvalue weighted by Crippen LogP contribution is 2.33. The minimum atomic E-state index is 0.0870. The largest absolute Gasteiger partial charge is 0.322 e. The fourth-order valence-corrected chi connectivity index (χ4v) is 2.90. The molecular formula is C19H22N2. The molecule has 0 aliphatic carbocycles. The Labute approximate surface area is 126 Å². The second-order valence-corrected chi connectivity index (χ2v) is 6.65. The standard InChI is InChI=1S/C19H22N2/c1-14(15-9-6-5-7-10-15)21-17(19(2,3)4)13-16-11-8-12-20-18(16)21/h5-14H,1-4H3/t14-/m0/s1. The lowest BCUT2D eigenvalue weighted by Gasteiger charge is -2.26. The SMILES string of the molecule is C[C@@H](c1ccccc1)n1c(C(C)(C)C)cc2cccnc21. The molecule has 108 valence electrons. The molecule has 2 nitrogen and oxygen atoms in total. The van der Waals surface area contributed by atoms with Crippen LogP contribution in [0.5, 0.6) is 0 Å². The molecule has 21 heavy (non-hydrogen) atoms. The van der Waals surface area contributed by atoms with E-state index < -0.39 is 0 Å². The summed E-state index contributed by atoms with van der Waals surface area (Å²) < 4.78 is 2.38. The van der Waals surface area contributed by atoms with Crippen LogP contribution in [0.2, 0.25) is 0 Å². The highest BCUT2D eigenvalue weighted by atomic mass is 15.1. The Balaban J connectivity index is 2.25. The number of aromatic nitrogens is 2. The van der Waals surface area contributed by atoms with Crippen molar-refractivity contribution < 1.29 is 0 Å². The third-order valence-electron chi connectivity index (χ3n) is 4.03. The van der Waals surface area contributed by atoms with Gasteiger partial charge in [-0.25, -0.2) is 4.98 Å². The first-order chi connectivity index (χ1) is 9.98. The van der Waals surface area contributed by atoms with Crippen molar-refractivity contribution in [3.05, 3.63) is 66.0 Å². The summed E-state index contributed by atoms with van der Waals surface area (Å²) in [6.45, 7) is 9.03. The number of hydrogen-bond donors (Lipinski definition) is 0. The van der Waals surface area contributed by atoms with Crippen LogP contribution in [0.15, 0.2) is 54.7 Å². The van der Waals surface area contributed by atoms with Crippen LogP contribution >= 0.6 is 0 Å². The lowest BCUT2D eigenvalue weighted by atomic mass is 9.91. The molecule has 2 heterocycles. The molecule has 0 aliphatic heterocycles. The van der Waals surface area contributed by atoms with Crippen molar-refractivity contribution in [2.75, 3.05) is 0 Å². The maximum Gasteiger partial charge on any atom is 0.140 e. The monoisotopic (exact) mass is 278 g/mol. The molecule has 3 aromatic rings. The molecule has 0 saturated heterocycles. The Bertz CT molecular complexity index is 748. The molecule has 0 N–H and O–H groups in total. The van der Waals surface area contributed by atoms with Crippen LogP contribution in [-0.4, -0.2) is 9.55 Å². The Morgan fingerprint density at radius 2 is 1.71 bits per heavy atom. The zero-order valence-corrected chi connectivity index (χ0v) is 13.2. The fourth-order valence-electron chi connectivity index (χ4n) is 2.90. The molecule has 2 aromatic heterocycles. The lowest BCUT2D eigenvalue weighted by molar-refractivity contribution is 0.505. The van der Waals surface area contributed by atoms with Crippen LogP contribution in [0.1, 0.15) is 45.0 Å². The third-order valence-corrected chi connectivity index (χ3v) is 4.03. The van der Waals surface area contributed by atoms with Gasteiger partial charge in [0.15, 0.2) is 0 Å². The van der Waals surface area contributed by atoms with Gasteiger partial charge in [0.2, 0.25) is 0 Å². The predicted molar refractivity (Wildman–Crippen MR) is 88.7 cm³/mol. The zero-order valence-electron chi connectivity index (χ0n) is 13.2. The van der Waals surface area contributed by atoms with Gasteiger partial charge in [0.1, 0.15) is 5.65 Å². The maximum absolute atomic E-state index is 4.62. The number of nitrogens with zero attached hydrogens (tertiary/aromatic N) is 2. The highest BCUT2D eigenvalue weighted by Gasteiger charge is 2.24. The molecule has 0 unspecified atom stereocenters. The van der Waals surface area contributed by atoms with Gasteiger partial charge in [-0.3, -0.25) is 0 Å². The van der Waals surface area contributed by atoms with E-state index in [1.807, 2.05) is 12.3 Å². The maximum atomic E-state index is 4.62. The van der Waals surface area contributed by atoms with Crippen molar-refractivity contribution in [2.24, 2.45) is 0 Å². The topological polar surface area (TPSA) is 17.8 Å². The average Bonchev–Trinajstić information content (AvgIpc) is 2.87. The summed E-state index contributed by atoms with van der Waals surface area (Å²) in [7, 11) is 0. The number of hydrogen-bond acceptors (Lipinski definition) is 1. The Morgan fingerprint density at radius 3 is 2.38 bits per heavy atom. The lowest BCUT2D eigenvalue weighted by Crippen LogP contribution is -2.20. The van der Waals surface area contributed by atoms with Gasteiger partial charge in [-0.2, -0.15) is 0 Å². The van der Waals surface area contributed by atoms with E-state index in [-0.39, 0.29) is 11.5 Å². The van der Waals surface area contributed by atoms with E-state index in [1.54, 1.807) is 0 Å². The third kappa shape index (κ3) is 2.46. The van der Waals surface area contributed by atoms with E-state index in [0.29, 0.717) is 0 Å². The second-order valence-electron chi connectivity index (χ2n) is 6.65. The summed E-state index contributed by atoms with van der Waals surface area (Å²) in [5.74, 6) is 0. The summed E-state index contributed by atoms with van der Waals surface area (Å²) in [4.78, 5) is 4.62. The van der Waals surface area contributed by atoms with Gasteiger partial charge in [0, 0.05) is 22.7 Å². The molecular weight excluding hydrogens is 256 g/mol.